The minimum atomic E-state index is -0.287. The zero-order valence-electron chi connectivity index (χ0n) is 16.5. The van der Waals surface area contributed by atoms with Crippen molar-refractivity contribution in [3.63, 3.8) is 0 Å². The molecule has 0 radical (unpaired) electrons. The highest BCUT2D eigenvalue weighted by atomic mass is 16.2. The standard InChI is InChI=1S/C22H25N5O2/c1-25-11-3-6-20(25)14-26(18-7-8-18)21(28)15-27(19-9-10-19)22(29)24-17-5-2-4-16(12-17)13-23/h2-6,11-12,18-19H,7-10,14-15H2,1H3,(H,24,29). The molecule has 2 fully saturated rings. The molecule has 2 aromatic rings. The molecule has 4 rings (SSSR count). The zero-order chi connectivity index (χ0) is 20.4. The molecular weight excluding hydrogens is 366 g/mol. The van der Waals surface area contributed by atoms with Gasteiger partial charge in [0.15, 0.2) is 0 Å². The summed E-state index contributed by atoms with van der Waals surface area (Å²) in [5.74, 6) is -0.0125. The Morgan fingerprint density at radius 2 is 1.86 bits per heavy atom. The third-order valence-electron chi connectivity index (χ3n) is 5.49. The number of amides is 3. The molecule has 0 spiro atoms. The van der Waals surface area contributed by atoms with Crippen LogP contribution < -0.4 is 5.32 Å². The molecule has 1 aromatic carbocycles. The number of anilines is 1. The van der Waals surface area contributed by atoms with Crippen LogP contribution in [0.1, 0.15) is 36.9 Å². The van der Waals surface area contributed by atoms with Gasteiger partial charge in [0.2, 0.25) is 5.91 Å². The van der Waals surface area contributed by atoms with Crippen molar-refractivity contribution in [2.45, 2.75) is 44.3 Å². The Morgan fingerprint density at radius 3 is 2.48 bits per heavy atom. The van der Waals surface area contributed by atoms with E-state index in [-0.39, 0.29) is 30.6 Å². The number of rotatable bonds is 7. The van der Waals surface area contributed by atoms with Crippen molar-refractivity contribution in [2.75, 3.05) is 11.9 Å². The van der Waals surface area contributed by atoms with E-state index in [1.165, 1.54) is 0 Å². The molecule has 2 saturated carbocycles. The lowest BCUT2D eigenvalue weighted by Crippen LogP contribution is -2.46. The Labute approximate surface area is 170 Å². The fourth-order valence-corrected chi connectivity index (χ4v) is 3.49. The van der Waals surface area contributed by atoms with Crippen LogP contribution in [-0.4, -0.2) is 44.9 Å². The molecule has 2 aliphatic rings. The van der Waals surface area contributed by atoms with Crippen LogP contribution >= 0.6 is 0 Å². The largest absolute Gasteiger partial charge is 0.353 e. The van der Waals surface area contributed by atoms with Crippen molar-refractivity contribution in [2.24, 2.45) is 7.05 Å². The van der Waals surface area contributed by atoms with Crippen molar-refractivity contribution >= 4 is 17.6 Å². The molecule has 29 heavy (non-hydrogen) atoms. The number of aryl methyl sites for hydroxylation is 1. The first-order valence-corrected chi connectivity index (χ1v) is 10.0. The smallest absolute Gasteiger partial charge is 0.322 e. The number of nitriles is 1. The summed E-state index contributed by atoms with van der Waals surface area (Å²) in [4.78, 5) is 29.5. The van der Waals surface area contributed by atoms with E-state index in [1.54, 1.807) is 29.2 Å². The number of nitrogens with one attached hydrogen (secondary N) is 1. The quantitative estimate of drug-likeness (QED) is 0.787. The fraction of sp³-hybridized carbons (Fsp3) is 0.409. The highest BCUT2D eigenvalue weighted by Gasteiger charge is 2.38. The van der Waals surface area contributed by atoms with E-state index in [0.717, 1.165) is 31.4 Å². The van der Waals surface area contributed by atoms with Crippen LogP contribution in [0.5, 0.6) is 0 Å². The minimum Gasteiger partial charge on any atom is -0.353 e. The normalized spacial score (nSPS) is 15.4. The average molecular weight is 391 g/mol. The molecule has 0 unspecified atom stereocenters. The van der Waals surface area contributed by atoms with Crippen molar-refractivity contribution in [3.05, 3.63) is 53.9 Å². The van der Waals surface area contributed by atoms with Crippen LogP contribution in [0.3, 0.4) is 0 Å². The first-order valence-electron chi connectivity index (χ1n) is 10.0. The highest BCUT2D eigenvalue weighted by Crippen LogP contribution is 2.31. The minimum absolute atomic E-state index is 0.0125. The number of aromatic nitrogens is 1. The molecule has 2 aliphatic carbocycles. The van der Waals surface area contributed by atoms with E-state index in [2.05, 4.69) is 11.4 Å². The van der Waals surface area contributed by atoms with Crippen molar-refractivity contribution in [3.8, 4) is 6.07 Å². The Hall–Kier alpha value is -3.27. The van der Waals surface area contributed by atoms with Crippen LogP contribution in [0, 0.1) is 11.3 Å². The average Bonchev–Trinajstić information content (AvgIpc) is 3.63. The van der Waals surface area contributed by atoms with Gasteiger partial charge in [-0.3, -0.25) is 4.79 Å². The maximum absolute atomic E-state index is 13.1. The molecule has 0 aliphatic heterocycles. The fourth-order valence-electron chi connectivity index (χ4n) is 3.49. The summed E-state index contributed by atoms with van der Waals surface area (Å²) in [6.07, 6.45) is 5.85. The van der Waals surface area contributed by atoms with E-state index in [1.807, 2.05) is 34.8 Å². The number of urea groups is 1. The van der Waals surface area contributed by atoms with Gasteiger partial charge < -0.3 is 19.7 Å². The van der Waals surface area contributed by atoms with Crippen LogP contribution in [0.25, 0.3) is 0 Å². The highest BCUT2D eigenvalue weighted by molar-refractivity contribution is 5.93. The number of benzene rings is 1. The number of carbonyl (C=O) groups is 2. The Bertz CT molecular complexity index is 952. The van der Waals surface area contributed by atoms with Crippen LogP contribution in [0.4, 0.5) is 10.5 Å². The molecule has 0 saturated heterocycles. The summed E-state index contributed by atoms with van der Waals surface area (Å²) >= 11 is 0. The van der Waals surface area contributed by atoms with Crippen LogP contribution in [0.2, 0.25) is 0 Å². The van der Waals surface area contributed by atoms with Gasteiger partial charge in [-0.05, 0) is 56.0 Å². The SMILES string of the molecule is Cn1cccc1CN(C(=O)CN(C(=O)Nc1cccc(C#N)c1)C1CC1)C1CC1. The molecule has 150 valence electrons. The molecule has 7 heteroatoms. The summed E-state index contributed by atoms with van der Waals surface area (Å²) in [5, 5.41) is 11.9. The third kappa shape index (κ3) is 4.60. The van der Waals surface area contributed by atoms with Gasteiger partial charge in [-0.2, -0.15) is 5.26 Å². The first kappa shape index (κ1) is 19.1. The van der Waals surface area contributed by atoms with Gasteiger partial charge in [-0.15, -0.1) is 0 Å². The molecule has 0 atom stereocenters. The van der Waals surface area contributed by atoms with Gasteiger partial charge in [-0.25, -0.2) is 4.79 Å². The van der Waals surface area contributed by atoms with Crippen LogP contribution in [-0.2, 0) is 18.4 Å². The lowest BCUT2D eigenvalue weighted by Gasteiger charge is -2.28. The van der Waals surface area contributed by atoms with Gasteiger partial charge in [0.1, 0.15) is 6.54 Å². The van der Waals surface area contributed by atoms with Crippen molar-refractivity contribution in [1.82, 2.24) is 14.4 Å². The molecule has 0 bridgehead atoms. The van der Waals surface area contributed by atoms with E-state index < -0.39 is 0 Å². The number of hydrogen-bond acceptors (Lipinski definition) is 3. The van der Waals surface area contributed by atoms with Crippen LogP contribution in [0.15, 0.2) is 42.6 Å². The van der Waals surface area contributed by atoms with Gasteiger partial charge in [0.05, 0.1) is 18.2 Å². The number of hydrogen-bond donors (Lipinski definition) is 1. The Morgan fingerprint density at radius 1 is 1.14 bits per heavy atom. The topological polar surface area (TPSA) is 81.4 Å². The molecule has 1 aromatic heterocycles. The third-order valence-corrected chi connectivity index (χ3v) is 5.49. The Kier molecular flexibility index (Phi) is 5.26. The molecule has 1 N–H and O–H groups in total. The lowest BCUT2D eigenvalue weighted by atomic mass is 10.2. The summed E-state index contributed by atoms with van der Waals surface area (Å²) in [7, 11) is 1.98. The second kappa shape index (κ2) is 8.00. The zero-order valence-corrected chi connectivity index (χ0v) is 16.5. The first-order chi connectivity index (χ1) is 14.0. The van der Waals surface area contributed by atoms with Crippen molar-refractivity contribution in [1.29, 1.82) is 5.26 Å². The van der Waals surface area contributed by atoms with E-state index in [9.17, 15) is 9.59 Å². The predicted molar refractivity (Wildman–Crippen MR) is 109 cm³/mol. The van der Waals surface area contributed by atoms with E-state index in [0.29, 0.717) is 17.8 Å². The molecular formula is C22H25N5O2. The Balaban J connectivity index is 1.44. The second-order valence-corrected chi connectivity index (χ2v) is 7.85. The maximum atomic E-state index is 13.1. The van der Waals surface area contributed by atoms with Gasteiger partial charge >= 0.3 is 6.03 Å². The van der Waals surface area contributed by atoms with Gasteiger partial charge in [0, 0.05) is 36.7 Å². The summed E-state index contributed by atoms with van der Waals surface area (Å²) in [6, 6.07) is 13.0. The maximum Gasteiger partial charge on any atom is 0.322 e. The van der Waals surface area contributed by atoms with Gasteiger partial charge in [-0.1, -0.05) is 6.07 Å². The molecule has 7 nitrogen and oxygen atoms in total. The van der Waals surface area contributed by atoms with Gasteiger partial charge in [0.25, 0.3) is 0 Å². The van der Waals surface area contributed by atoms with E-state index in [4.69, 9.17) is 5.26 Å². The van der Waals surface area contributed by atoms with E-state index >= 15 is 0 Å². The molecule has 1 heterocycles. The summed E-state index contributed by atoms with van der Waals surface area (Å²) < 4.78 is 2.02. The monoisotopic (exact) mass is 391 g/mol. The summed E-state index contributed by atoms with van der Waals surface area (Å²) in [5.41, 5.74) is 2.13. The predicted octanol–water partition coefficient (Wildman–Crippen LogP) is 3.08. The lowest BCUT2D eigenvalue weighted by molar-refractivity contribution is -0.133. The number of nitrogens with zero attached hydrogens (tertiary/aromatic N) is 4. The summed E-state index contributed by atoms with van der Waals surface area (Å²) in [6.45, 7) is 0.646. The number of carbonyl (C=O) groups excluding carboxylic acids is 2. The van der Waals surface area contributed by atoms with Crippen molar-refractivity contribution < 1.29 is 9.59 Å². The second-order valence-electron chi connectivity index (χ2n) is 7.85. The molecule has 3 amide bonds.